The molecule has 202 valence electrons. The summed E-state index contributed by atoms with van der Waals surface area (Å²) < 4.78 is 29.3. The molecule has 10 heteroatoms. The second kappa shape index (κ2) is 13.3. The maximum atomic E-state index is 13.8. The van der Waals surface area contributed by atoms with Crippen LogP contribution in [0.2, 0.25) is 5.02 Å². The summed E-state index contributed by atoms with van der Waals surface area (Å²) in [5.41, 5.74) is 1.04. The van der Waals surface area contributed by atoms with E-state index in [9.17, 15) is 18.0 Å². The van der Waals surface area contributed by atoms with E-state index in [1.165, 1.54) is 17.0 Å². The Morgan fingerprint density at radius 3 is 2.21 bits per heavy atom. The van der Waals surface area contributed by atoms with Crippen LogP contribution in [0.25, 0.3) is 0 Å². The summed E-state index contributed by atoms with van der Waals surface area (Å²) in [6.07, 6.45) is 0. The van der Waals surface area contributed by atoms with Crippen molar-refractivity contribution in [2.45, 2.75) is 38.3 Å². The summed E-state index contributed by atoms with van der Waals surface area (Å²) >= 11 is 9.53. The third-order valence-corrected chi connectivity index (χ3v) is 8.37. The molecule has 0 saturated carbocycles. The highest BCUT2D eigenvalue weighted by molar-refractivity contribution is 9.10. The van der Waals surface area contributed by atoms with E-state index < -0.39 is 28.5 Å². The summed E-state index contributed by atoms with van der Waals surface area (Å²) in [6, 6.07) is 20.7. The van der Waals surface area contributed by atoms with Crippen molar-refractivity contribution in [3.05, 3.63) is 93.9 Å². The van der Waals surface area contributed by atoms with Gasteiger partial charge in [0.25, 0.3) is 10.0 Å². The first-order chi connectivity index (χ1) is 18.0. The molecule has 38 heavy (non-hydrogen) atoms. The van der Waals surface area contributed by atoms with Crippen molar-refractivity contribution in [1.29, 1.82) is 0 Å². The van der Waals surface area contributed by atoms with Crippen LogP contribution in [0.3, 0.4) is 0 Å². The Kier molecular flexibility index (Phi) is 10.4. The number of nitrogens with one attached hydrogen (secondary N) is 1. The molecule has 0 spiro atoms. The lowest BCUT2D eigenvalue weighted by molar-refractivity contribution is -0.139. The molecule has 7 nitrogen and oxygen atoms in total. The Balaban J connectivity index is 1.99. The monoisotopic (exact) mass is 619 g/mol. The molecule has 0 bridgehead atoms. The zero-order valence-corrected chi connectivity index (χ0v) is 24.6. The highest BCUT2D eigenvalue weighted by atomic mass is 79.9. The van der Waals surface area contributed by atoms with Gasteiger partial charge in [-0.15, -0.1) is 0 Å². The molecule has 0 aliphatic rings. The van der Waals surface area contributed by atoms with Crippen molar-refractivity contribution in [2.75, 3.05) is 17.4 Å². The fourth-order valence-corrected chi connectivity index (χ4v) is 5.64. The molecular formula is C28H31BrClN3O4S. The van der Waals surface area contributed by atoms with E-state index in [1.54, 1.807) is 73.7 Å². The van der Waals surface area contributed by atoms with Gasteiger partial charge in [0, 0.05) is 22.6 Å². The van der Waals surface area contributed by atoms with E-state index >= 15 is 0 Å². The molecule has 0 unspecified atom stereocenters. The predicted molar refractivity (Wildman–Crippen MR) is 154 cm³/mol. The number of carbonyl (C=O) groups is 2. The Hall–Kier alpha value is -2.88. The van der Waals surface area contributed by atoms with Gasteiger partial charge in [-0.2, -0.15) is 0 Å². The third kappa shape index (κ3) is 7.82. The molecule has 0 aromatic heterocycles. The Bertz CT molecular complexity index is 1350. The predicted octanol–water partition coefficient (Wildman–Crippen LogP) is 5.49. The minimum atomic E-state index is -4.09. The number of carbonyl (C=O) groups excluding carboxylic acids is 2. The molecule has 1 atom stereocenters. The van der Waals surface area contributed by atoms with Crippen molar-refractivity contribution in [1.82, 2.24) is 10.2 Å². The van der Waals surface area contributed by atoms with Crippen molar-refractivity contribution < 1.29 is 18.0 Å². The quantitative estimate of drug-likeness (QED) is 0.307. The van der Waals surface area contributed by atoms with Crippen LogP contribution in [0.15, 0.2) is 88.2 Å². The Morgan fingerprint density at radius 2 is 1.61 bits per heavy atom. The summed E-state index contributed by atoms with van der Waals surface area (Å²) in [4.78, 5) is 28.3. The fourth-order valence-electron chi connectivity index (χ4n) is 3.72. The number of hydrogen-bond donors (Lipinski definition) is 1. The normalized spacial score (nSPS) is 12.2. The molecule has 3 aromatic carbocycles. The van der Waals surface area contributed by atoms with Crippen LogP contribution in [0.5, 0.6) is 0 Å². The Morgan fingerprint density at radius 1 is 0.947 bits per heavy atom. The van der Waals surface area contributed by atoms with Crippen LogP contribution < -0.4 is 9.62 Å². The fraction of sp³-hybridized carbons (Fsp3) is 0.286. The van der Waals surface area contributed by atoms with Crippen LogP contribution >= 0.6 is 27.5 Å². The lowest BCUT2D eigenvalue weighted by atomic mass is 10.1. The Labute approximate surface area is 238 Å². The van der Waals surface area contributed by atoms with Gasteiger partial charge in [0.05, 0.1) is 10.6 Å². The highest BCUT2D eigenvalue weighted by Crippen LogP contribution is 2.26. The second-order valence-electron chi connectivity index (χ2n) is 9.27. The van der Waals surface area contributed by atoms with Gasteiger partial charge in [0.1, 0.15) is 12.6 Å². The van der Waals surface area contributed by atoms with E-state index in [1.807, 2.05) is 13.8 Å². The number of halogens is 2. The first-order valence-electron chi connectivity index (χ1n) is 12.1. The third-order valence-electron chi connectivity index (χ3n) is 5.82. The summed E-state index contributed by atoms with van der Waals surface area (Å²) in [6.45, 7) is 5.62. The molecule has 2 amide bonds. The van der Waals surface area contributed by atoms with Crippen LogP contribution in [0.4, 0.5) is 5.69 Å². The van der Waals surface area contributed by atoms with E-state index in [0.29, 0.717) is 17.3 Å². The van der Waals surface area contributed by atoms with Gasteiger partial charge in [-0.1, -0.05) is 71.7 Å². The molecule has 0 heterocycles. The molecule has 0 aliphatic heterocycles. The van der Waals surface area contributed by atoms with E-state index in [0.717, 1.165) is 14.3 Å². The van der Waals surface area contributed by atoms with Gasteiger partial charge in [-0.05, 0) is 66.9 Å². The van der Waals surface area contributed by atoms with Crippen molar-refractivity contribution in [3.63, 3.8) is 0 Å². The molecule has 3 aromatic rings. The van der Waals surface area contributed by atoms with Gasteiger partial charge >= 0.3 is 0 Å². The minimum absolute atomic E-state index is 0.0554. The number of rotatable bonds is 11. The minimum Gasteiger partial charge on any atom is -0.354 e. The lowest BCUT2D eigenvalue weighted by Crippen LogP contribution is -2.51. The number of amides is 2. The maximum Gasteiger partial charge on any atom is 0.264 e. The maximum absolute atomic E-state index is 13.8. The van der Waals surface area contributed by atoms with Crippen LogP contribution in [0, 0.1) is 5.92 Å². The second-order valence-corrected chi connectivity index (χ2v) is 12.5. The van der Waals surface area contributed by atoms with E-state index in [-0.39, 0.29) is 23.3 Å². The van der Waals surface area contributed by atoms with Crippen molar-refractivity contribution in [2.24, 2.45) is 5.92 Å². The average Bonchev–Trinajstić information content (AvgIpc) is 2.89. The summed E-state index contributed by atoms with van der Waals surface area (Å²) in [7, 11) is -4.09. The average molecular weight is 621 g/mol. The number of sulfonamides is 1. The smallest absolute Gasteiger partial charge is 0.264 e. The molecule has 0 fully saturated rings. The number of benzene rings is 3. The molecule has 1 N–H and O–H groups in total. The zero-order valence-electron chi connectivity index (χ0n) is 21.5. The van der Waals surface area contributed by atoms with Crippen molar-refractivity contribution in [3.8, 4) is 0 Å². The standard InChI is InChI=1S/C28H31BrClN3O4S/c1-20(2)17-31-28(35)21(3)32(18-22-8-7-9-24(30)16-22)27(34)19-33(25-14-12-23(29)13-15-25)38(36,37)26-10-5-4-6-11-26/h4-16,20-21H,17-19H2,1-3H3,(H,31,35)/t21-/m0/s1. The van der Waals surface area contributed by atoms with E-state index in [4.69, 9.17) is 11.6 Å². The van der Waals surface area contributed by atoms with Gasteiger partial charge in [-0.3, -0.25) is 13.9 Å². The molecule has 0 aliphatic carbocycles. The number of hydrogen-bond acceptors (Lipinski definition) is 4. The zero-order chi connectivity index (χ0) is 27.9. The van der Waals surface area contributed by atoms with Gasteiger partial charge < -0.3 is 10.2 Å². The number of anilines is 1. The molecule has 3 rings (SSSR count). The first kappa shape index (κ1) is 29.7. The summed E-state index contributed by atoms with van der Waals surface area (Å²) in [5, 5.41) is 3.36. The number of nitrogens with zero attached hydrogens (tertiary/aromatic N) is 2. The SMILES string of the molecule is CC(C)CNC(=O)[C@H](C)N(Cc1cccc(Cl)c1)C(=O)CN(c1ccc(Br)cc1)S(=O)(=O)c1ccccc1. The van der Waals surface area contributed by atoms with Crippen LogP contribution in [0.1, 0.15) is 26.3 Å². The molecule has 0 saturated heterocycles. The lowest BCUT2D eigenvalue weighted by Gasteiger charge is -2.32. The largest absolute Gasteiger partial charge is 0.354 e. The first-order valence-corrected chi connectivity index (χ1v) is 14.7. The van der Waals surface area contributed by atoms with Crippen LogP contribution in [-0.4, -0.2) is 44.3 Å². The molecule has 0 radical (unpaired) electrons. The van der Waals surface area contributed by atoms with Gasteiger partial charge in [-0.25, -0.2) is 8.42 Å². The highest BCUT2D eigenvalue weighted by Gasteiger charge is 2.32. The van der Waals surface area contributed by atoms with Gasteiger partial charge in [0.15, 0.2) is 0 Å². The van der Waals surface area contributed by atoms with Gasteiger partial charge in [0.2, 0.25) is 11.8 Å². The molecular weight excluding hydrogens is 590 g/mol. The van der Waals surface area contributed by atoms with Crippen molar-refractivity contribution >= 4 is 55.1 Å². The topological polar surface area (TPSA) is 86.8 Å². The van der Waals surface area contributed by atoms with Crippen LogP contribution in [-0.2, 0) is 26.2 Å². The summed E-state index contributed by atoms with van der Waals surface area (Å²) in [5.74, 6) is -0.623. The van der Waals surface area contributed by atoms with E-state index in [2.05, 4.69) is 21.2 Å².